The molecule has 0 fully saturated rings. The Morgan fingerprint density at radius 2 is 1.95 bits per heavy atom. The fraction of sp³-hybridized carbons (Fsp3) is 0.176. The van der Waals surface area contributed by atoms with Gasteiger partial charge in [-0.3, -0.25) is 0 Å². The van der Waals surface area contributed by atoms with Crippen molar-refractivity contribution >= 4 is 16.7 Å². The Kier molecular flexibility index (Phi) is 3.70. The zero-order valence-corrected chi connectivity index (χ0v) is 11.3. The highest BCUT2D eigenvalue weighted by molar-refractivity contribution is 5.80. The third kappa shape index (κ3) is 2.83. The van der Waals surface area contributed by atoms with E-state index in [4.69, 9.17) is 10.2 Å². The first-order valence-electron chi connectivity index (χ1n) is 6.83. The molecule has 2 aromatic carbocycles. The van der Waals surface area contributed by atoms with E-state index < -0.39 is 0 Å². The van der Waals surface area contributed by atoms with Crippen molar-refractivity contribution in [1.29, 1.82) is 0 Å². The van der Waals surface area contributed by atoms with Gasteiger partial charge in [-0.2, -0.15) is 0 Å². The lowest BCUT2D eigenvalue weighted by Crippen LogP contribution is -2.16. The third-order valence-corrected chi connectivity index (χ3v) is 3.41. The van der Waals surface area contributed by atoms with Crippen LogP contribution >= 0.6 is 0 Å². The Bertz CT molecular complexity index is 703. The van der Waals surface area contributed by atoms with Gasteiger partial charge in [0.25, 0.3) is 0 Å². The minimum Gasteiger partial charge on any atom is -0.464 e. The summed E-state index contributed by atoms with van der Waals surface area (Å²) in [5.74, 6) is 0. The quantitative estimate of drug-likeness (QED) is 0.550. The molecular weight excluding hydrogens is 248 g/mol. The van der Waals surface area contributed by atoms with Gasteiger partial charge >= 0.3 is 0 Å². The van der Waals surface area contributed by atoms with Crippen molar-refractivity contribution in [3.8, 4) is 0 Å². The molecule has 0 saturated carbocycles. The van der Waals surface area contributed by atoms with Crippen molar-refractivity contribution in [3.05, 3.63) is 65.9 Å². The predicted octanol–water partition coefficient (Wildman–Crippen LogP) is 3.35. The van der Waals surface area contributed by atoms with Crippen molar-refractivity contribution in [2.75, 3.05) is 12.3 Å². The van der Waals surface area contributed by atoms with Gasteiger partial charge in [-0.15, -0.1) is 0 Å². The van der Waals surface area contributed by atoms with Crippen LogP contribution in [0, 0.1) is 0 Å². The van der Waals surface area contributed by atoms with E-state index in [9.17, 15) is 0 Å². The molecular formula is C17H18N2O. The molecule has 0 bridgehead atoms. The van der Waals surface area contributed by atoms with Crippen LogP contribution in [0.2, 0.25) is 0 Å². The summed E-state index contributed by atoms with van der Waals surface area (Å²) in [5.41, 5.74) is 9.99. The molecule has 1 heterocycles. The summed E-state index contributed by atoms with van der Waals surface area (Å²) < 4.78 is 5.54. The second-order valence-electron chi connectivity index (χ2n) is 4.93. The molecule has 3 rings (SSSR count). The Balaban J connectivity index is 1.55. The number of benzene rings is 2. The zero-order valence-electron chi connectivity index (χ0n) is 11.3. The summed E-state index contributed by atoms with van der Waals surface area (Å²) in [6, 6.07) is 16.1. The first kappa shape index (κ1) is 12.8. The Morgan fingerprint density at radius 1 is 1.05 bits per heavy atom. The molecule has 0 unspecified atom stereocenters. The van der Waals surface area contributed by atoms with Gasteiger partial charge in [0.1, 0.15) is 5.58 Å². The number of para-hydroxylation sites is 1. The van der Waals surface area contributed by atoms with Gasteiger partial charge in [0.05, 0.1) is 6.26 Å². The van der Waals surface area contributed by atoms with Crippen LogP contribution < -0.4 is 11.1 Å². The molecule has 102 valence electrons. The topological polar surface area (TPSA) is 51.2 Å². The second kappa shape index (κ2) is 5.80. The van der Waals surface area contributed by atoms with Crippen LogP contribution in [0.5, 0.6) is 0 Å². The minimum absolute atomic E-state index is 0.810. The first-order valence-corrected chi connectivity index (χ1v) is 6.83. The average Bonchev–Trinajstić information content (AvgIpc) is 2.87. The lowest BCUT2D eigenvalue weighted by molar-refractivity contribution is 0.606. The number of rotatable bonds is 5. The van der Waals surface area contributed by atoms with Crippen molar-refractivity contribution < 1.29 is 4.42 Å². The number of nitrogens with two attached hydrogens (primary N) is 1. The van der Waals surface area contributed by atoms with E-state index in [1.165, 1.54) is 16.5 Å². The minimum atomic E-state index is 0.810. The van der Waals surface area contributed by atoms with Crippen LogP contribution in [-0.4, -0.2) is 6.54 Å². The highest BCUT2D eigenvalue weighted by atomic mass is 16.3. The van der Waals surface area contributed by atoms with E-state index in [2.05, 4.69) is 17.4 Å². The van der Waals surface area contributed by atoms with Crippen LogP contribution in [0.4, 0.5) is 5.69 Å². The van der Waals surface area contributed by atoms with Gasteiger partial charge < -0.3 is 15.5 Å². The molecule has 20 heavy (non-hydrogen) atoms. The summed E-state index contributed by atoms with van der Waals surface area (Å²) in [6.07, 6.45) is 2.81. The van der Waals surface area contributed by atoms with Crippen LogP contribution in [0.1, 0.15) is 11.1 Å². The predicted molar refractivity (Wildman–Crippen MR) is 82.5 cm³/mol. The Morgan fingerprint density at radius 3 is 2.85 bits per heavy atom. The standard InChI is InChI=1S/C17H18N2O/c18-15-5-3-4-13(10-15)11-19-9-8-14-12-20-17-7-2-1-6-16(14)17/h1-7,10,12,19H,8-9,11,18H2. The number of nitrogen functional groups attached to an aromatic ring is 1. The summed E-state index contributed by atoms with van der Waals surface area (Å²) in [7, 11) is 0. The van der Waals surface area contributed by atoms with Crippen molar-refractivity contribution in [2.45, 2.75) is 13.0 Å². The van der Waals surface area contributed by atoms with Gasteiger partial charge in [-0.1, -0.05) is 30.3 Å². The number of hydrogen-bond donors (Lipinski definition) is 2. The molecule has 0 aliphatic carbocycles. The highest BCUT2D eigenvalue weighted by Crippen LogP contribution is 2.20. The first-order chi connectivity index (χ1) is 9.83. The van der Waals surface area contributed by atoms with Crippen molar-refractivity contribution in [1.82, 2.24) is 5.32 Å². The van der Waals surface area contributed by atoms with E-state index >= 15 is 0 Å². The normalized spacial score (nSPS) is 11.0. The monoisotopic (exact) mass is 266 g/mol. The molecule has 0 radical (unpaired) electrons. The molecule has 1 aromatic heterocycles. The number of fused-ring (bicyclic) bond motifs is 1. The molecule has 0 atom stereocenters. The number of hydrogen-bond acceptors (Lipinski definition) is 3. The van der Waals surface area contributed by atoms with Crippen LogP contribution in [0.3, 0.4) is 0 Å². The summed E-state index contributed by atoms with van der Waals surface area (Å²) in [5, 5.41) is 4.64. The Hall–Kier alpha value is -2.26. The van der Waals surface area contributed by atoms with E-state index in [1.807, 2.05) is 42.7 Å². The summed E-state index contributed by atoms with van der Waals surface area (Å²) >= 11 is 0. The second-order valence-corrected chi connectivity index (χ2v) is 4.93. The van der Waals surface area contributed by atoms with E-state index in [0.29, 0.717) is 0 Å². The average molecular weight is 266 g/mol. The maximum atomic E-state index is 5.76. The molecule has 0 aliphatic heterocycles. The van der Waals surface area contributed by atoms with Gasteiger partial charge in [-0.25, -0.2) is 0 Å². The van der Waals surface area contributed by atoms with E-state index in [1.54, 1.807) is 0 Å². The highest BCUT2D eigenvalue weighted by Gasteiger charge is 2.04. The summed E-state index contributed by atoms with van der Waals surface area (Å²) in [6.45, 7) is 1.75. The molecule has 3 nitrogen and oxygen atoms in total. The van der Waals surface area contributed by atoms with Crippen molar-refractivity contribution in [2.24, 2.45) is 0 Å². The molecule has 0 spiro atoms. The fourth-order valence-electron chi connectivity index (χ4n) is 2.39. The van der Waals surface area contributed by atoms with Gasteiger partial charge in [0.2, 0.25) is 0 Å². The van der Waals surface area contributed by atoms with Crippen LogP contribution in [0.25, 0.3) is 11.0 Å². The number of furan rings is 1. The van der Waals surface area contributed by atoms with Crippen molar-refractivity contribution in [3.63, 3.8) is 0 Å². The lowest BCUT2D eigenvalue weighted by atomic mass is 10.1. The van der Waals surface area contributed by atoms with Crippen LogP contribution in [0.15, 0.2) is 59.2 Å². The summed E-state index contributed by atoms with van der Waals surface area (Å²) in [4.78, 5) is 0. The van der Waals surface area contributed by atoms with E-state index in [-0.39, 0.29) is 0 Å². The third-order valence-electron chi connectivity index (χ3n) is 3.41. The zero-order chi connectivity index (χ0) is 13.8. The fourth-order valence-corrected chi connectivity index (χ4v) is 2.39. The molecule has 3 N–H and O–H groups in total. The van der Waals surface area contributed by atoms with Gasteiger partial charge in [0, 0.05) is 17.6 Å². The SMILES string of the molecule is Nc1cccc(CNCCc2coc3ccccc23)c1. The van der Waals surface area contributed by atoms with Gasteiger partial charge in [0.15, 0.2) is 0 Å². The van der Waals surface area contributed by atoms with Crippen LogP contribution in [-0.2, 0) is 13.0 Å². The Labute approximate surface area is 118 Å². The number of nitrogens with one attached hydrogen (secondary N) is 1. The lowest BCUT2D eigenvalue weighted by Gasteiger charge is -2.05. The van der Waals surface area contributed by atoms with E-state index in [0.717, 1.165) is 30.8 Å². The maximum Gasteiger partial charge on any atom is 0.134 e. The molecule has 0 saturated heterocycles. The largest absolute Gasteiger partial charge is 0.464 e. The number of anilines is 1. The maximum absolute atomic E-state index is 5.76. The molecule has 3 aromatic rings. The smallest absolute Gasteiger partial charge is 0.134 e. The molecule has 0 aliphatic rings. The molecule has 0 amide bonds. The molecule has 3 heteroatoms. The van der Waals surface area contributed by atoms with Gasteiger partial charge in [-0.05, 0) is 42.3 Å².